The number of carbonyl (C=O) groups excluding carboxylic acids is 4. The second kappa shape index (κ2) is 11.5. The monoisotopic (exact) mass is 392 g/mol. The fraction of sp³-hybridized carbons (Fsp3) is 0.500. The molecule has 0 aliphatic heterocycles. The molecule has 0 saturated carbocycles. The van der Waals surface area contributed by atoms with Gasteiger partial charge in [-0.1, -0.05) is 6.08 Å². The molecule has 28 heavy (non-hydrogen) atoms. The van der Waals surface area contributed by atoms with Gasteiger partial charge in [0, 0.05) is 19.3 Å². The molecular weight excluding hydrogens is 368 g/mol. The maximum Gasteiger partial charge on any atom is 0.325 e. The molecule has 0 rings (SSSR count). The van der Waals surface area contributed by atoms with Gasteiger partial charge in [0.1, 0.15) is 0 Å². The lowest BCUT2D eigenvalue weighted by Gasteiger charge is -2.25. The van der Waals surface area contributed by atoms with Gasteiger partial charge in [0.25, 0.3) is 0 Å². The average molecular weight is 392 g/mol. The van der Waals surface area contributed by atoms with Gasteiger partial charge in [0.15, 0.2) is 10.8 Å². The maximum absolute atomic E-state index is 12.2. The van der Waals surface area contributed by atoms with Crippen LogP contribution in [0.1, 0.15) is 25.7 Å². The van der Waals surface area contributed by atoms with Gasteiger partial charge < -0.3 is 18.9 Å². The number of methoxy groups -OCH3 is 4. The molecule has 0 heterocycles. The number of hydrogen-bond donors (Lipinski definition) is 0. The first kappa shape index (κ1) is 24.7. The zero-order valence-electron chi connectivity index (χ0n) is 16.5. The van der Waals surface area contributed by atoms with Gasteiger partial charge in [-0.2, -0.15) is 0 Å². The Hall–Kier alpha value is -3.26. The van der Waals surface area contributed by atoms with Gasteiger partial charge >= 0.3 is 23.9 Å². The van der Waals surface area contributed by atoms with Crippen molar-refractivity contribution in [1.29, 1.82) is 0 Å². The third kappa shape index (κ3) is 5.14. The highest BCUT2D eigenvalue weighted by atomic mass is 16.6. The minimum Gasteiger partial charge on any atom is -0.468 e. The van der Waals surface area contributed by atoms with Crippen LogP contribution in [-0.4, -0.2) is 52.3 Å². The van der Waals surface area contributed by atoms with Crippen LogP contribution in [0, 0.1) is 35.0 Å². The Balaban J connectivity index is 5.93. The van der Waals surface area contributed by atoms with E-state index in [0.717, 1.165) is 28.4 Å². The second-order valence-electron chi connectivity index (χ2n) is 5.71. The van der Waals surface area contributed by atoms with Gasteiger partial charge in [-0.15, -0.1) is 30.8 Å². The van der Waals surface area contributed by atoms with Crippen molar-refractivity contribution in [2.75, 3.05) is 28.4 Å². The smallest absolute Gasteiger partial charge is 0.325 e. The topological polar surface area (TPSA) is 105 Å². The molecule has 0 spiro atoms. The lowest BCUT2D eigenvalue weighted by Crippen LogP contribution is -2.41. The predicted octanol–water partition coefficient (Wildman–Crippen LogP) is 1.03. The normalized spacial score (nSPS) is 10.4. The summed E-state index contributed by atoms with van der Waals surface area (Å²) in [5.74, 6) is 4.00. The first-order valence-corrected chi connectivity index (χ1v) is 8.10. The van der Waals surface area contributed by atoms with Crippen molar-refractivity contribution in [2.45, 2.75) is 25.7 Å². The van der Waals surface area contributed by atoms with E-state index in [1.807, 2.05) is 0 Å². The molecule has 0 aliphatic rings. The zero-order valence-corrected chi connectivity index (χ0v) is 16.5. The zero-order chi connectivity index (χ0) is 21.8. The summed E-state index contributed by atoms with van der Waals surface area (Å²) in [7, 11) is 4.47. The van der Waals surface area contributed by atoms with Crippen LogP contribution in [0.2, 0.25) is 0 Å². The van der Waals surface area contributed by atoms with Gasteiger partial charge in [0.05, 0.1) is 28.4 Å². The SMILES string of the molecule is C#CCC(CC#CCC(CC=C)(C(=O)OC)C(=O)OC)(C(=O)OC)C(=O)OC. The largest absolute Gasteiger partial charge is 0.468 e. The quantitative estimate of drug-likeness (QED) is 0.188. The van der Waals surface area contributed by atoms with E-state index in [1.165, 1.54) is 6.08 Å². The van der Waals surface area contributed by atoms with Crippen molar-refractivity contribution < 1.29 is 38.1 Å². The molecule has 0 bridgehead atoms. The summed E-state index contributed by atoms with van der Waals surface area (Å²) in [6.45, 7) is 3.53. The fourth-order valence-electron chi connectivity index (χ4n) is 2.53. The molecule has 0 radical (unpaired) electrons. The average Bonchev–Trinajstić information content (AvgIpc) is 2.72. The molecule has 152 valence electrons. The number of carbonyl (C=O) groups is 4. The van der Waals surface area contributed by atoms with Crippen LogP contribution in [0.5, 0.6) is 0 Å². The van der Waals surface area contributed by atoms with E-state index < -0.39 is 34.7 Å². The Morgan fingerprint density at radius 3 is 1.46 bits per heavy atom. The number of esters is 4. The van der Waals surface area contributed by atoms with Gasteiger partial charge in [-0.25, -0.2) is 0 Å². The van der Waals surface area contributed by atoms with Crippen LogP contribution in [0.3, 0.4) is 0 Å². The minimum absolute atomic E-state index is 0.0788. The molecule has 0 atom stereocenters. The van der Waals surface area contributed by atoms with Crippen molar-refractivity contribution in [1.82, 2.24) is 0 Å². The Morgan fingerprint density at radius 1 is 0.786 bits per heavy atom. The molecule has 0 aromatic carbocycles. The predicted molar refractivity (Wildman–Crippen MR) is 98.2 cm³/mol. The summed E-state index contributed by atoms with van der Waals surface area (Å²) in [5, 5.41) is 0. The van der Waals surface area contributed by atoms with Gasteiger partial charge in [-0.3, -0.25) is 19.2 Å². The molecule has 0 amide bonds. The van der Waals surface area contributed by atoms with E-state index in [4.69, 9.17) is 15.9 Å². The second-order valence-corrected chi connectivity index (χ2v) is 5.71. The van der Waals surface area contributed by atoms with E-state index in [1.54, 1.807) is 0 Å². The van der Waals surface area contributed by atoms with E-state index in [-0.39, 0.29) is 25.7 Å². The van der Waals surface area contributed by atoms with E-state index >= 15 is 0 Å². The standard InChI is InChI=1S/C20H24O8/c1-7-11-19(15(21)25-3,16(22)26-4)13-9-10-14-20(12-8-2,17(23)27-5)18(24)28-6/h1,8H,2,11-14H2,3-6H3. The minimum atomic E-state index is -1.82. The number of rotatable bonds is 9. The molecule has 0 saturated heterocycles. The highest BCUT2D eigenvalue weighted by Crippen LogP contribution is 2.32. The van der Waals surface area contributed by atoms with Crippen LogP contribution in [0.25, 0.3) is 0 Å². The lowest BCUT2D eigenvalue weighted by molar-refractivity contribution is -0.170. The van der Waals surface area contributed by atoms with Crippen molar-refractivity contribution in [3.8, 4) is 24.2 Å². The van der Waals surface area contributed by atoms with E-state index in [9.17, 15) is 19.2 Å². The molecule has 0 aliphatic carbocycles. The Morgan fingerprint density at radius 2 is 1.14 bits per heavy atom. The van der Waals surface area contributed by atoms with Crippen LogP contribution in [0.15, 0.2) is 12.7 Å². The summed E-state index contributed by atoms with van der Waals surface area (Å²) in [6, 6.07) is 0. The molecule has 8 nitrogen and oxygen atoms in total. The van der Waals surface area contributed by atoms with E-state index in [0.29, 0.717) is 0 Å². The summed E-state index contributed by atoms with van der Waals surface area (Å²) in [4.78, 5) is 48.8. The number of terminal acetylenes is 1. The third-order valence-electron chi connectivity index (χ3n) is 4.11. The van der Waals surface area contributed by atoms with Crippen LogP contribution in [-0.2, 0) is 38.1 Å². The maximum atomic E-state index is 12.2. The van der Waals surface area contributed by atoms with E-state index in [2.05, 4.69) is 33.8 Å². The number of hydrogen-bond acceptors (Lipinski definition) is 8. The summed E-state index contributed by atoms with van der Waals surface area (Å²) in [6.07, 6.45) is 5.65. The highest BCUT2D eigenvalue weighted by Gasteiger charge is 2.48. The Kier molecular flexibility index (Phi) is 10.1. The Bertz CT molecular complexity index is 685. The first-order valence-electron chi connectivity index (χ1n) is 8.10. The summed E-state index contributed by atoms with van der Waals surface area (Å²) in [5.41, 5.74) is -3.54. The molecule has 0 fully saturated rings. The molecule has 0 aromatic rings. The van der Waals surface area contributed by atoms with Crippen molar-refractivity contribution in [3.05, 3.63) is 12.7 Å². The number of allylic oxidation sites excluding steroid dienone is 1. The molecule has 0 aromatic heterocycles. The summed E-state index contributed by atoms with van der Waals surface area (Å²) < 4.78 is 18.8. The van der Waals surface area contributed by atoms with Crippen molar-refractivity contribution in [2.24, 2.45) is 10.8 Å². The van der Waals surface area contributed by atoms with Gasteiger partial charge in [0.2, 0.25) is 0 Å². The van der Waals surface area contributed by atoms with Gasteiger partial charge in [-0.05, 0) is 6.42 Å². The van der Waals surface area contributed by atoms with Crippen LogP contribution < -0.4 is 0 Å². The summed E-state index contributed by atoms with van der Waals surface area (Å²) >= 11 is 0. The fourth-order valence-corrected chi connectivity index (χ4v) is 2.53. The molecular formula is C20H24O8. The Labute approximate surface area is 164 Å². The highest BCUT2D eigenvalue weighted by molar-refractivity contribution is 6.01. The molecule has 8 heteroatoms. The third-order valence-corrected chi connectivity index (χ3v) is 4.11. The number of ether oxygens (including phenoxy) is 4. The molecule has 0 N–H and O–H groups in total. The molecule has 0 unspecified atom stereocenters. The lowest BCUT2D eigenvalue weighted by atomic mass is 9.79. The van der Waals surface area contributed by atoms with Crippen molar-refractivity contribution in [3.63, 3.8) is 0 Å². The van der Waals surface area contributed by atoms with Crippen molar-refractivity contribution >= 4 is 23.9 Å². The van der Waals surface area contributed by atoms with Crippen LogP contribution >= 0.6 is 0 Å². The van der Waals surface area contributed by atoms with Crippen LogP contribution in [0.4, 0.5) is 0 Å². The first-order chi connectivity index (χ1) is 13.3.